The molecule has 0 spiro atoms. The number of amides is 1. The second kappa shape index (κ2) is 17.6. The summed E-state index contributed by atoms with van der Waals surface area (Å²) in [4.78, 5) is 65.3. The smallest absolute Gasteiger partial charge is 0.410 e. The van der Waals surface area contributed by atoms with E-state index in [1.807, 2.05) is 30.5 Å². The number of Topliss-reactive ketones (excluding diaryl/α,β-unsaturated/α-hetero) is 2. The van der Waals surface area contributed by atoms with E-state index in [4.69, 9.17) is 23.7 Å². The van der Waals surface area contributed by atoms with Gasteiger partial charge in [0.05, 0.1) is 41.2 Å². The number of unbranched alkanes of at least 4 members (excludes halogenated alkanes) is 1. The SMILES string of the molecule is CC[C@H]1OC(=O)C(C)(C)C(=O)[C@H](C)[C@@H](O[C@@H]2O[C@H](C)C[C@H](N(C)C)[C@H]2O)[C@](C)(OC)C[C@@H](C)C(=O)[C@H](C)[C@H]2N(CCCCn3cnc4cc(F)ccc43)C(=O)O[C@]12C. The van der Waals surface area contributed by atoms with Crippen LogP contribution in [-0.4, -0.2) is 130 Å². The number of carbonyl (C=O) groups is 4. The maximum Gasteiger partial charge on any atom is 0.410 e. The van der Waals surface area contributed by atoms with E-state index < -0.39 is 82.9 Å². The Labute approximate surface area is 342 Å². The minimum Gasteiger partial charge on any atom is -0.457 e. The van der Waals surface area contributed by atoms with E-state index in [9.17, 15) is 28.7 Å². The minimum atomic E-state index is -1.69. The number of ketones is 2. The molecule has 15 heteroatoms. The van der Waals surface area contributed by atoms with Gasteiger partial charge in [-0.1, -0.05) is 27.7 Å². The number of aryl methyl sites for hydroxylation is 1. The summed E-state index contributed by atoms with van der Waals surface area (Å²) in [6.07, 6.45) is -1.46. The highest BCUT2D eigenvalue weighted by Gasteiger charge is 2.61. The lowest BCUT2D eigenvalue weighted by Gasteiger charge is -2.47. The van der Waals surface area contributed by atoms with Crippen LogP contribution in [0.25, 0.3) is 11.0 Å². The largest absolute Gasteiger partial charge is 0.457 e. The topological polar surface area (TPSA) is 159 Å². The van der Waals surface area contributed by atoms with Gasteiger partial charge in [0.25, 0.3) is 0 Å². The summed E-state index contributed by atoms with van der Waals surface area (Å²) in [6.45, 7) is 16.2. The highest BCUT2D eigenvalue weighted by atomic mass is 19.1. The number of hydrogen-bond donors (Lipinski definition) is 1. The molecule has 324 valence electrons. The van der Waals surface area contributed by atoms with Crippen LogP contribution in [0, 0.1) is 29.0 Å². The molecule has 0 bridgehead atoms. The first kappa shape index (κ1) is 45.6. The van der Waals surface area contributed by atoms with Crippen molar-refractivity contribution in [2.75, 3.05) is 27.7 Å². The summed E-state index contributed by atoms with van der Waals surface area (Å²) in [5.74, 6) is -4.29. The van der Waals surface area contributed by atoms with Gasteiger partial charge in [-0.15, -0.1) is 0 Å². The third-order valence-corrected chi connectivity index (χ3v) is 13.1. The number of benzene rings is 1. The van der Waals surface area contributed by atoms with E-state index in [-0.39, 0.29) is 43.1 Å². The van der Waals surface area contributed by atoms with E-state index in [1.165, 1.54) is 33.1 Å². The molecule has 5 rings (SSSR count). The van der Waals surface area contributed by atoms with Crippen LogP contribution < -0.4 is 0 Å². The van der Waals surface area contributed by atoms with Crippen molar-refractivity contribution in [3.8, 4) is 0 Å². The standard InChI is InChI=1S/C43H65FN4O10/c1-13-32-43(9)35(48(40(53)58-43)19-15-14-18-47-23-45-29-21-28(44)16-17-30(29)47)26(4)33(49)24(2)22-42(8,54-12)37(27(5)36(51)41(6,7)39(52)56-32)57-38-34(50)31(46(10)11)20-25(3)55-38/h16-17,21,23-27,31-32,34-35,37-38,50H,13-15,18-20,22H2,1-12H3/t24-,25-,26+,27+,31+,32-,34-,35-,37-,38+,42-,43-/m1/s1. The molecule has 4 heterocycles. The van der Waals surface area contributed by atoms with Gasteiger partial charge in [0.15, 0.2) is 17.7 Å². The molecule has 14 nitrogen and oxygen atoms in total. The summed E-state index contributed by atoms with van der Waals surface area (Å²) in [7, 11) is 5.22. The predicted molar refractivity (Wildman–Crippen MR) is 213 cm³/mol. The Morgan fingerprint density at radius 2 is 1.69 bits per heavy atom. The van der Waals surface area contributed by atoms with Crippen molar-refractivity contribution in [1.82, 2.24) is 19.4 Å². The molecular formula is C43H65FN4O10. The second-order valence-electron chi connectivity index (χ2n) is 18.0. The number of aliphatic hydroxyl groups is 1. The number of ether oxygens (including phenoxy) is 5. The number of halogens is 1. The lowest BCUT2D eigenvalue weighted by Crippen LogP contribution is -2.61. The van der Waals surface area contributed by atoms with Gasteiger partial charge in [0.1, 0.15) is 29.2 Å². The highest BCUT2D eigenvalue weighted by Crippen LogP contribution is 2.44. The molecule has 1 aromatic heterocycles. The number of imidazole rings is 1. The van der Waals surface area contributed by atoms with Crippen LogP contribution in [-0.2, 0) is 44.6 Å². The Balaban J connectivity index is 1.49. The average molecular weight is 817 g/mol. The van der Waals surface area contributed by atoms with Gasteiger partial charge in [-0.2, -0.15) is 0 Å². The molecule has 0 saturated carbocycles. The summed E-state index contributed by atoms with van der Waals surface area (Å²) in [5, 5.41) is 11.5. The van der Waals surface area contributed by atoms with Crippen molar-refractivity contribution in [3.05, 3.63) is 30.3 Å². The van der Waals surface area contributed by atoms with Crippen molar-refractivity contribution in [3.63, 3.8) is 0 Å². The molecule has 3 aliphatic rings. The number of aromatic nitrogens is 2. The van der Waals surface area contributed by atoms with Gasteiger partial charge in [0.2, 0.25) is 0 Å². The number of esters is 1. The van der Waals surface area contributed by atoms with Crippen LogP contribution in [0.5, 0.6) is 0 Å². The third-order valence-electron chi connectivity index (χ3n) is 13.1. The number of nitrogens with zero attached hydrogens (tertiary/aromatic N) is 4. The van der Waals surface area contributed by atoms with Crippen LogP contribution >= 0.6 is 0 Å². The summed E-state index contributed by atoms with van der Waals surface area (Å²) in [6, 6.07) is 3.33. The normalized spacial score (nSPS) is 36.5. The second-order valence-corrected chi connectivity index (χ2v) is 18.0. The molecule has 12 atom stereocenters. The maximum atomic E-state index is 14.7. The molecule has 3 fully saturated rings. The van der Waals surface area contributed by atoms with Gasteiger partial charge in [-0.05, 0) is 93.0 Å². The third kappa shape index (κ3) is 8.70. The van der Waals surface area contributed by atoms with Crippen molar-refractivity contribution in [1.29, 1.82) is 0 Å². The Hall–Kier alpha value is -3.50. The van der Waals surface area contributed by atoms with E-state index in [1.54, 1.807) is 58.8 Å². The Morgan fingerprint density at radius 3 is 2.33 bits per heavy atom. The molecule has 2 aromatic rings. The van der Waals surface area contributed by atoms with Crippen molar-refractivity contribution in [2.24, 2.45) is 23.2 Å². The summed E-state index contributed by atoms with van der Waals surface area (Å²) in [5.41, 5.74) is -3.09. The fourth-order valence-corrected chi connectivity index (χ4v) is 9.67. The molecule has 0 unspecified atom stereocenters. The van der Waals surface area contributed by atoms with Crippen LogP contribution in [0.2, 0.25) is 0 Å². The zero-order chi connectivity index (χ0) is 43.1. The summed E-state index contributed by atoms with van der Waals surface area (Å²) < 4.78 is 47.1. The number of hydrogen-bond acceptors (Lipinski definition) is 12. The first-order chi connectivity index (χ1) is 27.1. The Kier molecular flexibility index (Phi) is 13.8. The maximum absolute atomic E-state index is 14.7. The lowest BCUT2D eigenvalue weighted by atomic mass is 9.71. The van der Waals surface area contributed by atoms with Crippen molar-refractivity contribution in [2.45, 2.75) is 155 Å². The molecule has 0 aliphatic carbocycles. The van der Waals surface area contributed by atoms with E-state index in [0.29, 0.717) is 31.3 Å². The van der Waals surface area contributed by atoms with Crippen LogP contribution in [0.3, 0.4) is 0 Å². The predicted octanol–water partition coefficient (Wildman–Crippen LogP) is 5.55. The highest BCUT2D eigenvalue weighted by molar-refractivity contribution is 6.04. The zero-order valence-corrected chi connectivity index (χ0v) is 36.3. The van der Waals surface area contributed by atoms with Crippen LogP contribution in [0.15, 0.2) is 24.5 Å². The molecular weight excluding hydrogens is 751 g/mol. The molecule has 1 amide bonds. The van der Waals surface area contributed by atoms with E-state index >= 15 is 0 Å². The fourth-order valence-electron chi connectivity index (χ4n) is 9.67. The first-order valence-corrected chi connectivity index (χ1v) is 20.7. The average Bonchev–Trinajstić information content (AvgIpc) is 3.69. The van der Waals surface area contributed by atoms with Gasteiger partial charge >= 0.3 is 12.1 Å². The van der Waals surface area contributed by atoms with Crippen molar-refractivity contribution < 1.29 is 52.4 Å². The zero-order valence-electron chi connectivity index (χ0n) is 36.3. The molecule has 58 heavy (non-hydrogen) atoms. The first-order valence-electron chi connectivity index (χ1n) is 20.7. The van der Waals surface area contributed by atoms with E-state index in [0.717, 1.165) is 5.52 Å². The van der Waals surface area contributed by atoms with Gasteiger partial charge in [-0.25, -0.2) is 14.2 Å². The van der Waals surface area contributed by atoms with Crippen molar-refractivity contribution >= 4 is 34.7 Å². The molecule has 3 saturated heterocycles. The minimum absolute atomic E-state index is 0.105. The number of rotatable bonds is 10. The molecule has 0 radical (unpaired) electrons. The quantitative estimate of drug-likeness (QED) is 0.181. The molecule has 1 aromatic carbocycles. The fraction of sp³-hybridized carbons (Fsp3) is 0.744. The van der Waals surface area contributed by atoms with E-state index in [2.05, 4.69) is 4.98 Å². The van der Waals surface area contributed by atoms with Crippen LogP contribution in [0.4, 0.5) is 9.18 Å². The van der Waals surface area contributed by atoms with Gasteiger partial charge in [-0.3, -0.25) is 14.4 Å². The number of methoxy groups -OCH3 is 1. The number of fused-ring (bicyclic) bond motifs is 2. The number of likely N-dealkylation sites (N-methyl/N-ethyl adjacent to an activating group) is 1. The monoisotopic (exact) mass is 816 g/mol. The Morgan fingerprint density at radius 1 is 1.02 bits per heavy atom. The van der Waals surface area contributed by atoms with Gasteiger partial charge < -0.3 is 43.2 Å². The number of cyclic esters (lactones) is 1. The lowest BCUT2D eigenvalue weighted by molar-refractivity contribution is -0.295. The van der Waals surface area contributed by atoms with Gasteiger partial charge in [0, 0.05) is 50.1 Å². The Bertz CT molecular complexity index is 1820. The number of aliphatic hydroxyl groups excluding tert-OH is 1. The molecule has 3 aliphatic heterocycles. The number of carbonyl (C=O) groups excluding carboxylic acids is 4. The summed E-state index contributed by atoms with van der Waals surface area (Å²) >= 11 is 0. The molecule has 1 N–H and O–H groups in total. The van der Waals surface area contributed by atoms with Crippen LogP contribution in [0.1, 0.15) is 94.4 Å².